The number of rotatable bonds is 7. The van der Waals surface area contributed by atoms with E-state index < -0.39 is 0 Å². The van der Waals surface area contributed by atoms with Crippen LogP contribution < -0.4 is 20.9 Å². The van der Waals surface area contributed by atoms with Gasteiger partial charge in [0.25, 0.3) is 5.56 Å². The molecule has 0 aliphatic rings. The Hall–Kier alpha value is -3.12. The summed E-state index contributed by atoms with van der Waals surface area (Å²) in [4.78, 5) is 12.3. The van der Waals surface area contributed by atoms with Crippen LogP contribution in [-0.2, 0) is 7.05 Å². The second kappa shape index (κ2) is 8.92. The smallest absolute Gasteiger partial charge is 0.273 e. The Labute approximate surface area is 176 Å². The zero-order chi connectivity index (χ0) is 21.0. The van der Waals surface area contributed by atoms with Crippen molar-refractivity contribution in [2.24, 2.45) is 7.05 Å². The van der Waals surface area contributed by atoms with Crippen LogP contribution in [0.15, 0.2) is 65.4 Å². The van der Waals surface area contributed by atoms with Crippen molar-refractivity contribution in [1.82, 2.24) is 4.57 Å². The molecule has 3 rings (SSSR count). The number of benzene rings is 2. The Morgan fingerprint density at radius 2 is 1.79 bits per heavy atom. The number of aromatic nitrogens is 1. The first-order valence-corrected chi connectivity index (χ1v) is 10.2. The minimum Gasteiger partial charge on any atom is -0.384 e. The average Bonchev–Trinajstić information content (AvgIpc) is 2.71. The molecule has 150 valence electrons. The zero-order valence-electron chi connectivity index (χ0n) is 17.2. The van der Waals surface area contributed by atoms with Gasteiger partial charge in [-0.2, -0.15) is 0 Å². The highest BCUT2D eigenvalue weighted by atomic mass is 32.2. The van der Waals surface area contributed by atoms with Gasteiger partial charge in [-0.05, 0) is 66.6 Å². The Morgan fingerprint density at radius 3 is 2.45 bits per heavy atom. The molecular weight excluding hydrogens is 380 g/mol. The van der Waals surface area contributed by atoms with E-state index >= 15 is 0 Å². The lowest BCUT2D eigenvalue weighted by atomic mass is 10.0. The number of nitrogens with one attached hydrogen (secondary N) is 3. The van der Waals surface area contributed by atoms with Crippen LogP contribution in [0.3, 0.4) is 0 Å². The topological polar surface area (TPSA) is 58.1 Å². The van der Waals surface area contributed by atoms with E-state index in [1.165, 1.54) is 23.1 Å². The Bertz CT molecular complexity index is 1080. The van der Waals surface area contributed by atoms with Crippen molar-refractivity contribution in [3.63, 3.8) is 0 Å². The zero-order valence-corrected chi connectivity index (χ0v) is 18.0. The summed E-state index contributed by atoms with van der Waals surface area (Å²) in [6, 6.07) is 14.3. The van der Waals surface area contributed by atoms with Crippen LogP contribution in [0.5, 0.6) is 0 Å². The molecule has 0 radical (unpaired) electrons. The van der Waals surface area contributed by atoms with E-state index in [0.29, 0.717) is 5.69 Å². The summed E-state index contributed by atoms with van der Waals surface area (Å²) in [5.74, 6) is 0. The first-order valence-electron chi connectivity index (χ1n) is 9.33. The number of anilines is 4. The maximum absolute atomic E-state index is 12.3. The van der Waals surface area contributed by atoms with E-state index in [1.54, 1.807) is 24.1 Å². The maximum atomic E-state index is 12.3. The molecular formula is C23H26N4OS. The number of pyridine rings is 1. The van der Waals surface area contributed by atoms with Crippen LogP contribution in [0.4, 0.5) is 22.7 Å². The summed E-state index contributed by atoms with van der Waals surface area (Å²) < 4.78 is 4.86. The molecule has 3 N–H and O–H groups in total. The molecule has 0 aliphatic heterocycles. The highest BCUT2D eigenvalue weighted by molar-refractivity contribution is 8.03. The molecule has 5 nitrogen and oxygen atoms in total. The van der Waals surface area contributed by atoms with Gasteiger partial charge in [-0.25, -0.2) is 0 Å². The van der Waals surface area contributed by atoms with Gasteiger partial charge >= 0.3 is 0 Å². The summed E-state index contributed by atoms with van der Waals surface area (Å²) >= 11 is 1.42. The molecule has 1 heterocycles. The van der Waals surface area contributed by atoms with Crippen LogP contribution in [0.2, 0.25) is 0 Å². The molecule has 29 heavy (non-hydrogen) atoms. The summed E-state index contributed by atoms with van der Waals surface area (Å²) in [5, 5.41) is 8.34. The van der Waals surface area contributed by atoms with Crippen LogP contribution in [0.1, 0.15) is 11.1 Å². The fourth-order valence-corrected chi connectivity index (χ4v) is 3.60. The van der Waals surface area contributed by atoms with Gasteiger partial charge in [-0.15, -0.1) is 0 Å². The molecule has 0 fully saturated rings. The highest BCUT2D eigenvalue weighted by Gasteiger charge is 2.12. The maximum Gasteiger partial charge on any atom is 0.273 e. The Kier molecular flexibility index (Phi) is 6.34. The quantitative estimate of drug-likeness (QED) is 0.442. The lowest BCUT2D eigenvalue weighted by Gasteiger charge is -2.18. The molecule has 0 atom stereocenters. The van der Waals surface area contributed by atoms with Crippen molar-refractivity contribution in [2.45, 2.75) is 13.8 Å². The van der Waals surface area contributed by atoms with Crippen LogP contribution in [-0.4, -0.2) is 11.6 Å². The standard InChI is InChI=1S/C23H26N4OS/c1-6-29-26-18-10-11-20(25-22-15(2)8-7-9-16(22)3)19(13-18)17-12-21(24-4)23(28)27(5)14-17/h6-14,24-26H,1H2,2-5H3. The fourth-order valence-electron chi connectivity index (χ4n) is 3.25. The van der Waals surface area contributed by atoms with Crippen molar-refractivity contribution < 1.29 is 0 Å². The third-order valence-electron chi connectivity index (χ3n) is 4.78. The van der Waals surface area contributed by atoms with E-state index in [-0.39, 0.29) is 5.56 Å². The molecule has 0 spiro atoms. The molecule has 0 aliphatic carbocycles. The lowest BCUT2D eigenvalue weighted by Crippen LogP contribution is -2.19. The molecule has 0 bridgehead atoms. The monoisotopic (exact) mass is 406 g/mol. The highest BCUT2D eigenvalue weighted by Crippen LogP contribution is 2.35. The molecule has 0 saturated carbocycles. The van der Waals surface area contributed by atoms with Crippen LogP contribution in [0, 0.1) is 13.8 Å². The molecule has 0 unspecified atom stereocenters. The van der Waals surface area contributed by atoms with Crippen molar-refractivity contribution in [3.05, 3.63) is 82.1 Å². The summed E-state index contributed by atoms with van der Waals surface area (Å²) in [5.41, 5.74) is 7.81. The van der Waals surface area contributed by atoms with E-state index in [2.05, 4.69) is 66.1 Å². The van der Waals surface area contributed by atoms with Gasteiger partial charge in [0.15, 0.2) is 0 Å². The summed E-state index contributed by atoms with van der Waals surface area (Å²) in [6.45, 7) is 7.92. The minimum atomic E-state index is -0.0583. The van der Waals surface area contributed by atoms with Gasteiger partial charge in [0, 0.05) is 48.5 Å². The van der Waals surface area contributed by atoms with Gasteiger partial charge in [0.05, 0.1) is 0 Å². The summed E-state index contributed by atoms with van der Waals surface area (Å²) in [7, 11) is 3.52. The molecule has 2 aromatic carbocycles. The third-order valence-corrected chi connectivity index (χ3v) is 5.30. The van der Waals surface area contributed by atoms with Crippen LogP contribution >= 0.6 is 11.9 Å². The average molecular weight is 407 g/mol. The van der Waals surface area contributed by atoms with Gasteiger partial charge < -0.3 is 19.9 Å². The van der Waals surface area contributed by atoms with E-state index in [9.17, 15) is 4.79 Å². The number of aryl methyl sites for hydroxylation is 3. The second-order valence-electron chi connectivity index (χ2n) is 6.85. The predicted octanol–water partition coefficient (Wildman–Crippen LogP) is 5.66. The molecule has 1 aromatic heterocycles. The second-order valence-corrected chi connectivity index (χ2v) is 7.62. The number of hydrogen-bond donors (Lipinski definition) is 3. The summed E-state index contributed by atoms with van der Waals surface area (Å²) in [6.07, 6.45) is 1.86. The number of para-hydroxylation sites is 1. The normalized spacial score (nSPS) is 10.5. The van der Waals surface area contributed by atoms with Crippen molar-refractivity contribution in [3.8, 4) is 11.1 Å². The molecule has 0 amide bonds. The Balaban J connectivity index is 2.16. The predicted molar refractivity (Wildman–Crippen MR) is 127 cm³/mol. The lowest BCUT2D eigenvalue weighted by molar-refractivity contribution is 0.864. The van der Waals surface area contributed by atoms with E-state index in [0.717, 1.165) is 28.2 Å². The first kappa shape index (κ1) is 20.6. The number of hydrogen-bond acceptors (Lipinski definition) is 5. The third kappa shape index (κ3) is 4.49. The van der Waals surface area contributed by atoms with Gasteiger partial charge in [0.1, 0.15) is 5.69 Å². The fraction of sp³-hybridized carbons (Fsp3) is 0.174. The Morgan fingerprint density at radius 1 is 1.07 bits per heavy atom. The molecule has 3 aromatic rings. The van der Waals surface area contributed by atoms with Gasteiger partial charge in [0.2, 0.25) is 0 Å². The van der Waals surface area contributed by atoms with Crippen molar-refractivity contribution in [1.29, 1.82) is 0 Å². The van der Waals surface area contributed by atoms with Crippen LogP contribution in [0.25, 0.3) is 11.1 Å². The number of nitrogens with zero attached hydrogens (tertiary/aromatic N) is 1. The van der Waals surface area contributed by atoms with E-state index in [1.807, 2.05) is 18.3 Å². The van der Waals surface area contributed by atoms with Crippen molar-refractivity contribution >= 4 is 34.7 Å². The van der Waals surface area contributed by atoms with Crippen molar-refractivity contribution in [2.75, 3.05) is 22.4 Å². The first-order chi connectivity index (χ1) is 13.9. The molecule has 6 heteroatoms. The minimum absolute atomic E-state index is 0.0583. The van der Waals surface area contributed by atoms with Gasteiger partial charge in [-0.3, -0.25) is 4.79 Å². The largest absolute Gasteiger partial charge is 0.384 e. The van der Waals surface area contributed by atoms with Gasteiger partial charge in [-0.1, -0.05) is 24.8 Å². The van der Waals surface area contributed by atoms with E-state index in [4.69, 9.17) is 0 Å². The SMILES string of the molecule is C=CSNc1ccc(Nc2c(C)cccc2C)c(-c2cc(NC)c(=O)n(C)c2)c1. The molecule has 0 saturated heterocycles.